The number of rotatable bonds is 4. The Labute approximate surface area is 172 Å². The van der Waals surface area contributed by atoms with Crippen molar-refractivity contribution in [2.75, 3.05) is 50.2 Å². The number of hydrogen-bond acceptors (Lipinski definition) is 6. The Hall–Kier alpha value is -2.45. The number of ether oxygens (including phenoxy) is 1. The van der Waals surface area contributed by atoms with Gasteiger partial charge in [-0.05, 0) is 12.1 Å². The second kappa shape index (κ2) is 7.89. The summed E-state index contributed by atoms with van der Waals surface area (Å²) in [5.74, 6) is 1.34. The van der Waals surface area contributed by atoms with Gasteiger partial charge in [0.2, 0.25) is 5.91 Å². The standard InChI is InChI=1S/C18H20Cl2N6O2/c1-28-15-8-12(2-3-14(15)19)24-4-6-25(7-5-24)16(27)10-26-9-13-17(20)21-11-22-18(13)23-26/h2-3,8-9H,4-7,10-11H2,1H3,(H,22,23). The number of aromatic nitrogens is 2. The van der Waals surface area contributed by atoms with Crippen molar-refractivity contribution in [3.05, 3.63) is 35.0 Å². The van der Waals surface area contributed by atoms with E-state index in [1.165, 1.54) is 0 Å². The molecule has 0 saturated carbocycles. The van der Waals surface area contributed by atoms with Crippen molar-refractivity contribution in [1.29, 1.82) is 0 Å². The fraction of sp³-hybridized carbons (Fsp3) is 0.389. The van der Waals surface area contributed by atoms with Crippen LogP contribution >= 0.6 is 23.2 Å². The second-order valence-electron chi connectivity index (χ2n) is 6.56. The molecule has 10 heteroatoms. The molecule has 0 atom stereocenters. The first kappa shape index (κ1) is 18.9. The summed E-state index contributed by atoms with van der Waals surface area (Å²) in [4.78, 5) is 20.9. The van der Waals surface area contributed by atoms with Gasteiger partial charge in [0.05, 0.1) is 17.7 Å². The van der Waals surface area contributed by atoms with Crippen LogP contribution in [0, 0.1) is 0 Å². The van der Waals surface area contributed by atoms with Gasteiger partial charge in [-0.15, -0.1) is 0 Å². The van der Waals surface area contributed by atoms with Crippen LogP contribution in [-0.2, 0) is 11.3 Å². The number of hydrogen-bond donors (Lipinski definition) is 1. The Balaban J connectivity index is 1.36. The van der Waals surface area contributed by atoms with Crippen molar-refractivity contribution in [3.8, 4) is 5.75 Å². The van der Waals surface area contributed by atoms with Gasteiger partial charge in [-0.2, -0.15) is 5.10 Å². The van der Waals surface area contributed by atoms with Gasteiger partial charge in [-0.25, -0.2) is 0 Å². The number of anilines is 2. The molecule has 3 heterocycles. The lowest BCUT2D eigenvalue weighted by molar-refractivity contribution is -0.132. The van der Waals surface area contributed by atoms with E-state index in [-0.39, 0.29) is 12.5 Å². The summed E-state index contributed by atoms with van der Waals surface area (Å²) < 4.78 is 6.90. The summed E-state index contributed by atoms with van der Waals surface area (Å²) in [6.45, 7) is 3.34. The van der Waals surface area contributed by atoms with E-state index in [4.69, 9.17) is 27.9 Å². The molecule has 4 rings (SSSR count). The zero-order chi connectivity index (χ0) is 19.7. The topological polar surface area (TPSA) is 75.0 Å². The van der Waals surface area contributed by atoms with Crippen LogP contribution in [0.1, 0.15) is 5.56 Å². The molecule has 0 aliphatic carbocycles. The summed E-state index contributed by atoms with van der Waals surface area (Å²) >= 11 is 12.2. The van der Waals surface area contributed by atoms with Gasteiger partial charge in [-0.3, -0.25) is 14.5 Å². The molecule has 0 radical (unpaired) electrons. The predicted molar refractivity (Wildman–Crippen MR) is 110 cm³/mol. The molecule has 1 fully saturated rings. The van der Waals surface area contributed by atoms with Gasteiger partial charge in [0.15, 0.2) is 5.82 Å². The SMILES string of the molecule is COc1cc(N2CCN(C(=O)Cn3cc4c(n3)NCN=C4Cl)CC2)ccc1Cl. The van der Waals surface area contributed by atoms with E-state index in [2.05, 4.69) is 20.3 Å². The van der Waals surface area contributed by atoms with E-state index in [9.17, 15) is 4.79 Å². The number of fused-ring (bicyclic) bond motifs is 1. The number of halogens is 2. The van der Waals surface area contributed by atoms with E-state index in [0.29, 0.717) is 41.5 Å². The highest BCUT2D eigenvalue weighted by Gasteiger charge is 2.23. The third-order valence-corrected chi connectivity index (χ3v) is 5.51. The predicted octanol–water partition coefficient (Wildman–Crippen LogP) is 2.26. The molecule has 2 aliphatic heterocycles. The zero-order valence-electron chi connectivity index (χ0n) is 15.4. The molecule has 1 amide bonds. The highest BCUT2D eigenvalue weighted by molar-refractivity contribution is 6.70. The molecular formula is C18H20Cl2N6O2. The van der Waals surface area contributed by atoms with Gasteiger partial charge in [0, 0.05) is 44.1 Å². The lowest BCUT2D eigenvalue weighted by Crippen LogP contribution is -2.49. The minimum atomic E-state index is 0.0289. The van der Waals surface area contributed by atoms with Crippen molar-refractivity contribution in [2.24, 2.45) is 4.99 Å². The maximum atomic E-state index is 12.7. The summed E-state index contributed by atoms with van der Waals surface area (Å²) in [7, 11) is 1.60. The van der Waals surface area contributed by atoms with E-state index in [1.54, 1.807) is 18.0 Å². The number of nitrogens with zero attached hydrogens (tertiary/aromatic N) is 5. The monoisotopic (exact) mass is 422 g/mol. The molecule has 2 aromatic rings. The van der Waals surface area contributed by atoms with E-state index in [1.807, 2.05) is 23.1 Å². The number of nitrogens with one attached hydrogen (secondary N) is 1. The van der Waals surface area contributed by atoms with Crippen LogP contribution < -0.4 is 15.0 Å². The van der Waals surface area contributed by atoms with Crippen LogP contribution in [0.25, 0.3) is 0 Å². The fourth-order valence-corrected chi connectivity index (χ4v) is 3.74. The average molecular weight is 423 g/mol. The van der Waals surface area contributed by atoms with Crippen LogP contribution in [0.4, 0.5) is 11.5 Å². The number of carbonyl (C=O) groups is 1. The number of carbonyl (C=O) groups excluding carboxylic acids is 1. The first-order chi connectivity index (χ1) is 13.5. The third-order valence-electron chi connectivity index (χ3n) is 4.88. The molecule has 148 valence electrons. The molecule has 0 spiro atoms. The molecule has 1 N–H and O–H groups in total. The Morgan fingerprint density at radius 3 is 2.75 bits per heavy atom. The summed E-state index contributed by atoms with van der Waals surface area (Å²) in [6.07, 6.45) is 1.75. The summed E-state index contributed by atoms with van der Waals surface area (Å²) in [5.41, 5.74) is 1.76. The Kier molecular flexibility index (Phi) is 5.32. The molecule has 1 aromatic heterocycles. The quantitative estimate of drug-likeness (QED) is 0.817. The van der Waals surface area contributed by atoms with Gasteiger partial charge in [0.1, 0.15) is 24.1 Å². The van der Waals surface area contributed by atoms with Crippen LogP contribution in [0.3, 0.4) is 0 Å². The van der Waals surface area contributed by atoms with Crippen molar-refractivity contribution >= 4 is 45.8 Å². The zero-order valence-corrected chi connectivity index (χ0v) is 16.9. The first-order valence-corrected chi connectivity index (χ1v) is 9.68. The highest BCUT2D eigenvalue weighted by Crippen LogP contribution is 2.29. The number of piperazine rings is 1. The molecule has 0 unspecified atom stereocenters. The van der Waals surface area contributed by atoms with Crippen molar-refractivity contribution in [2.45, 2.75) is 6.54 Å². The number of amides is 1. The molecule has 0 bridgehead atoms. The summed E-state index contributed by atoms with van der Waals surface area (Å²) in [6, 6.07) is 5.72. The number of methoxy groups -OCH3 is 1. The smallest absolute Gasteiger partial charge is 0.244 e. The molecule has 1 saturated heterocycles. The van der Waals surface area contributed by atoms with Crippen molar-refractivity contribution in [1.82, 2.24) is 14.7 Å². The fourth-order valence-electron chi connectivity index (χ4n) is 3.35. The van der Waals surface area contributed by atoms with Crippen molar-refractivity contribution in [3.63, 3.8) is 0 Å². The van der Waals surface area contributed by atoms with Crippen LogP contribution in [-0.4, -0.2) is 65.7 Å². The maximum absolute atomic E-state index is 12.7. The molecule has 1 aromatic carbocycles. The Morgan fingerprint density at radius 1 is 1.25 bits per heavy atom. The van der Waals surface area contributed by atoms with E-state index < -0.39 is 0 Å². The third kappa shape index (κ3) is 3.74. The van der Waals surface area contributed by atoms with Crippen LogP contribution in [0.2, 0.25) is 5.02 Å². The van der Waals surface area contributed by atoms with Gasteiger partial charge in [0.25, 0.3) is 0 Å². The van der Waals surface area contributed by atoms with Gasteiger partial charge >= 0.3 is 0 Å². The Bertz CT molecular complexity index is 921. The minimum Gasteiger partial charge on any atom is -0.495 e. The van der Waals surface area contributed by atoms with Gasteiger partial charge in [-0.1, -0.05) is 23.2 Å². The first-order valence-electron chi connectivity index (χ1n) is 8.93. The molecular weight excluding hydrogens is 403 g/mol. The molecule has 8 nitrogen and oxygen atoms in total. The molecule has 2 aliphatic rings. The minimum absolute atomic E-state index is 0.0289. The maximum Gasteiger partial charge on any atom is 0.244 e. The number of aliphatic imine (C=N–C) groups is 1. The lowest BCUT2D eigenvalue weighted by atomic mass is 10.2. The number of benzene rings is 1. The van der Waals surface area contributed by atoms with Crippen molar-refractivity contribution < 1.29 is 9.53 Å². The highest BCUT2D eigenvalue weighted by atomic mass is 35.5. The largest absolute Gasteiger partial charge is 0.495 e. The van der Waals surface area contributed by atoms with E-state index in [0.717, 1.165) is 24.3 Å². The van der Waals surface area contributed by atoms with Crippen LogP contribution in [0.15, 0.2) is 29.4 Å². The second-order valence-corrected chi connectivity index (χ2v) is 7.32. The normalized spacial score (nSPS) is 16.3. The Morgan fingerprint density at radius 2 is 2.04 bits per heavy atom. The average Bonchev–Trinajstić information content (AvgIpc) is 3.12. The van der Waals surface area contributed by atoms with E-state index >= 15 is 0 Å². The molecule has 28 heavy (non-hydrogen) atoms. The van der Waals surface area contributed by atoms with Gasteiger partial charge < -0.3 is 19.9 Å². The van der Waals surface area contributed by atoms with Crippen LogP contribution in [0.5, 0.6) is 5.75 Å². The lowest BCUT2D eigenvalue weighted by Gasteiger charge is -2.36. The summed E-state index contributed by atoms with van der Waals surface area (Å²) in [5, 5.41) is 8.43.